The maximum absolute atomic E-state index is 14.6. The number of carboxylic acids is 1. The number of aromatic carboxylic acids is 1. The van der Waals surface area contributed by atoms with Gasteiger partial charge in [-0.15, -0.1) is 0 Å². The number of carboxylic acid groups (broad SMARTS) is 1. The van der Waals surface area contributed by atoms with Crippen molar-refractivity contribution in [1.82, 2.24) is 14.4 Å². The minimum absolute atomic E-state index is 0.168. The Bertz CT molecular complexity index is 2220. The second-order valence-electron chi connectivity index (χ2n) is 22.9. The number of benzene rings is 1. The fraction of sp³-hybridized carbons (Fsp3) is 0.804. The van der Waals surface area contributed by atoms with Crippen molar-refractivity contribution < 1.29 is 73.0 Å². The zero-order chi connectivity index (χ0) is 55.9. The van der Waals surface area contributed by atoms with Gasteiger partial charge >= 0.3 is 11.9 Å². The van der Waals surface area contributed by atoms with Gasteiger partial charge in [-0.3, -0.25) is 9.59 Å². The third-order valence-corrected chi connectivity index (χ3v) is 16.3. The Morgan fingerprint density at radius 3 is 2.25 bits per heavy atom. The third kappa shape index (κ3) is 15.0. The largest absolute Gasteiger partial charge is 0.477 e. The highest BCUT2D eigenvalue weighted by Crippen LogP contribution is 2.41. The number of aromatic nitrogens is 1. The second-order valence-corrected chi connectivity index (χ2v) is 22.9. The molecule has 0 saturated carbocycles. The lowest BCUT2D eigenvalue weighted by Gasteiger charge is -2.49. The number of pyridine rings is 1. The summed E-state index contributed by atoms with van der Waals surface area (Å²) in [6, 6.07) is 4.73. The SMILES string of the molecule is CCCn1cc(C(=O)O)c(=O)c2cc(CCCOCCO[C@H]3[C@H](C)O[C@@H](O[C@H]4[C@H](C)[C@@H](O[C@@H]5O[C@H](C)C[C@H](N(C)C)[C@H]5O)[C@](C)(O)C[C@@H](C)CN(C)[C@H](C)[C@@H](O)[C@](C)(O)[C@@H](CC)OC(=O)[C@@H]4C)C[C@@]3(C)OC)ccc21. The van der Waals surface area contributed by atoms with Gasteiger partial charge in [0.15, 0.2) is 12.6 Å². The average Bonchev–Trinajstić information content (AvgIpc) is 3.34. The van der Waals surface area contributed by atoms with Crippen LogP contribution in [0.25, 0.3) is 10.9 Å². The minimum Gasteiger partial charge on any atom is -0.477 e. The molecule has 19 nitrogen and oxygen atoms in total. The van der Waals surface area contributed by atoms with Crippen molar-refractivity contribution in [3.63, 3.8) is 0 Å². The summed E-state index contributed by atoms with van der Waals surface area (Å²) in [5.74, 6) is -3.97. The van der Waals surface area contributed by atoms with E-state index in [1.165, 1.54) is 13.1 Å². The molecule has 428 valence electrons. The maximum Gasteiger partial charge on any atom is 0.341 e. The normalized spacial score (nSPS) is 38.0. The van der Waals surface area contributed by atoms with Crippen LogP contribution in [0.3, 0.4) is 0 Å². The number of nitrogens with zero attached hydrogens (tertiary/aromatic N) is 3. The average molecular weight is 1060 g/mol. The molecule has 3 saturated heterocycles. The van der Waals surface area contributed by atoms with Gasteiger partial charge in [-0.2, -0.15) is 0 Å². The molecule has 18 atom stereocenters. The fourth-order valence-corrected chi connectivity index (χ4v) is 11.9. The van der Waals surface area contributed by atoms with Crippen molar-refractivity contribution in [3.8, 4) is 0 Å². The van der Waals surface area contributed by atoms with Crippen molar-refractivity contribution >= 4 is 22.8 Å². The second kappa shape index (κ2) is 26.7. The highest BCUT2D eigenvalue weighted by atomic mass is 16.7. The van der Waals surface area contributed by atoms with E-state index in [0.717, 1.165) is 12.0 Å². The number of esters is 1. The Labute approximate surface area is 445 Å². The van der Waals surface area contributed by atoms with Crippen molar-refractivity contribution in [2.75, 3.05) is 54.6 Å². The molecule has 0 unspecified atom stereocenters. The van der Waals surface area contributed by atoms with Gasteiger partial charge in [-0.05, 0) is 132 Å². The highest BCUT2D eigenvalue weighted by Gasteiger charge is 2.53. The van der Waals surface area contributed by atoms with Gasteiger partial charge < -0.3 is 77.8 Å². The summed E-state index contributed by atoms with van der Waals surface area (Å²) >= 11 is 0. The molecule has 5 N–H and O–H groups in total. The number of fused-ring (bicyclic) bond motifs is 1. The molecule has 19 heteroatoms. The van der Waals surface area contributed by atoms with Crippen LogP contribution in [0, 0.1) is 17.8 Å². The van der Waals surface area contributed by atoms with E-state index in [-0.39, 0.29) is 56.1 Å². The maximum atomic E-state index is 14.6. The number of aliphatic hydroxyl groups is 4. The molecule has 0 amide bonds. The van der Waals surface area contributed by atoms with E-state index in [2.05, 4.69) is 0 Å². The topological polar surface area (TPSA) is 238 Å². The number of aliphatic hydroxyl groups excluding tert-OH is 2. The molecule has 0 spiro atoms. The highest BCUT2D eigenvalue weighted by molar-refractivity contribution is 5.92. The first-order valence-corrected chi connectivity index (χ1v) is 27.3. The van der Waals surface area contributed by atoms with Gasteiger partial charge in [0.05, 0.1) is 60.3 Å². The van der Waals surface area contributed by atoms with Crippen molar-refractivity contribution in [2.45, 2.75) is 218 Å². The van der Waals surface area contributed by atoms with Gasteiger partial charge in [-0.1, -0.05) is 33.8 Å². The quantitative estimate of drug-likeness (QED) is 0.0976. The van der Waals surface area contributed by atoms with Crippen LogP contribution in [0.2, 0.25) is 0 Å². The number of hydrogen-bond donors (Lipinski definition) is 5. The molecule has 75 heavy (non-hydrogen) atoms. The Morgan fingerprint density at radius 1 is 0.933 bits per heavy atom. The van der Waals surface area contributed by atoms with Gasteiger partial charge in [0.2, 0.25) is 5.43 Å². The lowest BCUT2D eigenvalue weighted by molar-refractivity contribution is -0.321. The van der Waals surface area contributed by atoms with E-state index < -0.39 is 107 Å². The van der Waals surface area contributed by atoms with Crippen molar-refractivity contribution in [3.05, 3.63) is 45.7 Å². The van der Waals surface area contributed by atoms with Gasteiger partial charge in [-0.25, -0.2) is 4.79 Å². The Kier molecular flexibility index (Phi) is 22.3. The summed E-state index contributed by atoms with van der Waals surface area (Å²) in [6.07, 6.45) is -4.60. The van der Waals surface area contributed by atoms with Crippen LogP contribution in [-0.4, -0.2) is 197 Å². The van der Waals surface area contributed by atoms with E-state index >= 15 is 0 Å². The molecule has 2 aromatic rings. The molecule has 3 aliphatic heterocycles. The zero-order valence-corrected chi connectivity index (χ0v) is 47.5. The summed E-state index contributed by atoms with van der Waals surface area (Å²) in [6.45, 7) is 21.8. The summed E-state index contributed by atoms with van der Waals surface area (Å²) in [7, 11) is 7.20. The standard InChI is InChI=1S/C56H93N3O16/c1-16-22-59-31-40(51(63)64)45(60)39-27-38(20-21-41(39)59)19-18-23-69-24-25-70-50-37(8)72-44(29-55(50,10)68-15)74-47-34(5)49(75-53-46(61)42(57(12)13)26-33(4)71-53)54(9,66)28-32(3)30-58(14)36(7)48(62)56(11,67)43(17-2)73-52(65)35(47)6/h20-21,27,31-37,42-44,46-50,53,61-62,66-67H,16-19,22-26,28-30H2,1-15H3,(H,63,64)/t32-,33-,34+,35-,36-,37+,42+,43-,44+,46-,47+,48-,49-,50+,53+,54-,55-,56-/m1/s1. The number of methoxy groups -OCH3 is 1. The van der Waals surface area contributed by atoms with Crippen LogP contribution in [0.5, 0.6) is 0 Å². The minimum atomic E-state index is -1.84. The van der Waals surface area contributed by atoms with Crippen LogP contribution in [0.1, 0.15) is 131 Å². The van der Waals surface area contributed by atoms with Crippen molar-refractivity contribution in [2.24, 2.45) is 17.8 Å². The number of ether oxygens (including phenoxy) is 8. The Hall–Kier alpha value is -3.15. The van der Waals surface area contributed by atoms with E-state index in [0.29, 0.717) is 49.9 Å². The van der Waals surface area contributed by atoms with Crippen LogP contribution in [0.4, 0.5) is 0 Å². The number of rotatable bonds is 18. The van der Waals surface area contributed by atoms with Crippen LogP contribution in [0.15, 0.2) is 29.2 Å². The molecule has 5 rings (SSSR count). The lowest BCUT2D eigenvalue weighted by atomic mass is 9.77. The molecule has 4 heterocycles. The molecule has 1 aromatic heterocycles. The molecular formula is C56H93N3O16. The molecule has 0 bridgehead atoms. The number of aryl methyl sites for hydroxylation is 2. The van der Waals surface area contributed by atoms with E-state index in [1.54, 1.807) is 40.9 Å². The molecule has 1 aromatic carbocycles. The summed E-state index contributed by atoms with van der Waals surface area (Å²) in [5.41, 5.74) is -3.55. The van der Waals surface area contributed by atoms with E-state index in [9.17, 15) is 39.9 Å². The first kappa shape index (κ1) is 62.7. The summed E-state index contributed by atoms with van der Waals surface area (Å²) in [4.78, 5) is 43.4. The smallest absolute Gasteiger partial charge is 0.341 e. The van der Waals surface area contributed by atoms with Crippen molar-refractivity contribution in [1.29, 1.82) is 0 Å². The van der Waals surface area contributed by atoms with E-state index in [4.69, 9.17) is 37.9 Å². The molecule has 0 aliphatic carbocycles. The molecular weight excluding hydrogens is 971 g/mol. The van der Waals surface area contributed by atoms with Crippen LogP contribution in [-0.2, 0) is 55.7 Å². The molecule has 3 fully saturated rings. The number of carbonyl (C=O) groups excluding carboxylic acids is 1. The third-order valence-electron chi connectivity index (χ3n) is 16.3. The zero-order valence-electron chi connectivity index (χ0n) is 47.5. The number of cyclic esters (lactones) is 1. The molecule has 0 radical (unpaired) electrons. The van der Waals surface area contributed by atoms with E-state index in [1.807, 2.05) is 89.2 Å². The lowest BCUT2D eigenvalue weighted by Crippen LogP contribution is -2.61. The Morgan fingerprint density at radius 2 is 1.63 bits per heavy atom. The van der Waals surface area contributed by atoms with Crippen LogP contribution < -0.4 is 5.43 Å². The van der Waals surface area contributed by atoms with Gasteiger partial charge in [0, 0.05) is 62.8 Å². The summed E-state index contributed by atoms with van der Waals surface area (Å²) in [5, 5.41) is 58.2. The van der Waals surface area contributed by atoms with Gasteiger partial charge in [0.25, 0.3) is 0 Å². The predicted octanol–water partition coefficient (Wildman–Crippen LogP) is 5.00. The Balaban J connectivity index is 1.35. The van der Waals surface area contributed by atoms with Gasteiger partial charge in [0.1, 0.15) is 35.6 Å². The number of carbonyl (C=O) groups is 2. The van der Waals surface area contributed by atoms with Crippen LogP contribution >= 0.6 is 0 Å². The number of likely N-dealkylation sites (N-methyl/N-ethyl adjacent to an activating group) is 2. The molecule has 3 aliphatic rings. The monoisotopic (exact) mass is 1060 g/mol. The predicted molar refractivity (Wildman–Crippen MR) is 283 cm³/mol. The first-order valence-electron chi connectivity index (χ1n) is 27.3. The number of hydrogen-bond acceptors (Lipinski definition) is 17. The first-order chi connectivity index (χ1) is 35.1. The fourth-order valence-electron chi connectivity index (χ4n) is 11.9. The summed E-state index contributed by atoms with van der Waals surface area (Å²) < 4.78 is 53.3.